The highest BCUT2D eigenvalue weighted by Crippen LogP contribution is 2.39. The molecule has 0 N–H and O–H groups in total. The van der Waals surface area contributed by atoms with Crippen LogP contribution in [-0.4, -0.2) is 78.2 Å². The molecular weight excluding hydrogens is 859 g/mol. The third kappa shape index (κ3) is 14.5. The number of rotatable bonds is 24. The van der Waals surface area contributed by atoms with Crippen LogP contribution in [0.1, 0.15) is 27.8 Å². The van der Waals surface area contributed by atoms with Crippen molar-refractivity contribution in [2.24, 2.45) is 0 Å². The molecule has 0 aliphatic carbocycles. The van der Waals surface area contributed by atoms with Crippen molar-refractivity contribution in [3.8, 4) is 0 Å². The average Bonchev–Trinajstić information content (AvgIpc) is 3.33. The normalized spacial score (nSPS) is 20.9. The highest BCUT2D eigenvalue weighted by molar-refractivity contribution is 7.70. The van der Waals surface area contributed by atoms with Crippen LogP contribution in [0, 0.1) is 0 Å². The van der Waals surface area contributed by atoms with Crippen LogP contribution >= 0.6 is 18.2 Å². The van der Waals surface area contributed by atoms with E-state index in [0.717, 1.165) is 27.8 Å². The van der Waals surface area contributed by atoms with E-state index in [9.17, 15) is 0 Å². The van der Waals surface area contributed by atoms with Crippen molar-refractivity contribution >= 4 is 39.1 Å². The first kappa shape index (κ1) is 48.5. The molecule has 5 aromatic rings. The Hall–Kier alpha value is -4.45. The molecule has 2 aliphatic heterocycles. The summed E-state index contributed by atoms with van der Waals surface area (Å²) in [5.41, 5.74) is 4.81. The Labute approximate surface area is 389 Å². The molecule has 0 saturated carbocycles. The van der Waals surface area contributed by atoms with Crippen molar-refractivity contribution < 1.29 is 51.9 Å². The highest BCUT2D eigenvalue weighted by atomic mass is 31.0. The Bertz CT molecular complexity index is 2210. The molecule has 5 aromatic carbocycles. The van der Waals surface area contributed by atoms with Crippen LogP contribution in [0.2, 0.25) is 6.82 Å². The predicted octanol–water partition coefficient (Wildman–Crippen LogP) is 8.40. The fourth-order valence-electron chi connectivity index (χ4n) is 7.25. The van der Waals surface area contributed by atoms with Crippen LogP contribution in [0.3, 0.4) is 0 Å². The third-order valence-electron chi connectivity index (χ3n) is 10.3. The molecule has 8 atom stereocenters. The van der Waals surface area contributed by atoms with Gasteiger partial charge in [0.15, 0.2) is 11.5 Å². The summed E-state index contributed by atoms with van der Waals surface area (Å²) < 4.78 is 72.5. The Balaban J connectivity index is 1.30. The highest BCUT2D eigenvalue weighted by Gasteiger charge is 2.48. The lowest BCUT2D eigenvalue weighted by molar-refractivity contribution is -0.252. The molecular formula is C49H55B3O11P2. The van der Waals surface area contributed by atoms with E-state index in [2.05, 4.69) is 18.2 Å². The standard InChI is InChI=1S/C49H55B3O11P2/c1-51(64)62-43-41(34-55-29-36-20-10-4-11-21-36)59-48(53-2)47(45(43)63-52(50)65)61-49-46(58-32-39-26-16-7-17-27-39)44(57-31-38-24-14-6-15-25-38)42(56-30-37-22-12-5-13-23-37)40(60-49)33-54-28-35-18-8-3-9-19-35/h3-27,40-43,48-49H,28-34,64-65H2,1-2H3/t40?,41?,42-,43-,48+,49-/m0/s1. The Kier molecular flexibility index (Phi) is 19.0. The van der Waals surface area contributed by atoms with Crippen molar-refractivity contribution in [2.45, 2.75) is 76.9 Å². The van der Waals surface area contributed by atoms with E-state index in [-0.39, 0.29) is 56.9 Å². The second kappa shape index (κ2) is 25.5. The molecule has 0 bridgehead atoms. The smallest absolute Gasteiger partial charge is 0.318 e. The van der Waals surface area contributed by atoms with E-state index in [1.807, 2.05) is 158 Å². The van der Waals surface area contributed by atoms with E-state index in [4.69, 9.17) is 59.7 Å². The van der Waals surface area contributed by atoms with Crippen LogP contribution in [0.5, 0.6) is 0 Å². The molecule has 7 rings (SSSR count). The second-order valence-corrected chi connectivity index (χ2v) is 17.0. The van der Waals surface area contributed by atoms with Gasteiger partial charge in [-0.15, -0.1) is 18.2 Å². The summed E-state index contributed by atoms with van der Waals surface area (Å²) in [5.74, 6) is 0.982. The first-order chi connectivity index (χ1) is 31.8. The summed E-state index contributed by atoms with van der Waals surface area (Å²) in [6.45, 7) is 2.17. The largest absolute Gasteiger partial charge is 0.565 e. The molecule has 4 unspecified atom stereocenters. The zero-order valence-corrected chi connectivity index (χ0v) is 39.0. The van der Waals surface area contributed by atoms with Gasteiger partial charge in [-0.25, -0.2) is 0 Å². The maximum absolute atomic E-state index is 6.99. The first-order valence-electron chi connectivity index (χ1n) is 21.6. The van der Waals surface area contributed by atoms with Crippen LogP contribution in [-0.2, 0) is 85.0 Å². The molecule has 336 valence electrons. The number of benzene rings is 5. The minimum absolute atomic E-state index is 0.0958. The SMILES string of the molecule is [B]B(P)OC1=C(O[C@@H]2OC(COCc3ccccc3)[C@H](OCc3ccccc3)C(OCc3ccccc3)=C2OCc2ccccc2)[C@H](OC)OC(COCc2ccccc2)[C@@H]1OB(C)P. The van der Waals surface area contributed by atoms with Crippen molar-refractivity contribution in [1.29, 1.82) is 0 Å². The molecule has 16 heteroatoms. The van der Waals surface area contributed by atoms with Crippen molar-refractivity contribution in [3.63, 3.8) is 0 Å². The molecule has 0 aromatic heterocycles. The van der Waals surface area contributed by atoms with Gasteiger partial charge >= 0.3 is 13.2 Å². The Morgan fingerprint density at radius 2 is 0.923 bits per heavy atom. The van der Waals surface area contributed by atoms with E-state index >= 15 is 0 Å². The first-order valence-corrected chi connectivity index (χ1v) is 23.0. The number of hydrogen-bond donors (Lipinski definition) is 0. The molecule has 0 saturated heterocycles. The minimum atomic E-state index is -1.28. The molecule has 11 nitrogen and oxygen atoms in total. The maximum atomic E-state index is 6.99. The monoisotopic (exact) mass is 914 g/mol. The van der Waals surface area contributed by atoms with Gasteiger partial charge < -0.3 is 51.9 Å². The van der Waals surface area contributed by atoms with Gasteiger partial charge in [0.1, 0.15) is 43.4 Å². The quantitative estimate of drug-likeness (QED) is 0.0441. The van der Waals surface area contributed by atoms with Gasteiger partial charge in [0, 0.05) is 7.11 Å². The van der Waals surface area contributed by atoms with Gasteiger partial charge in [-0.1, -0.05) is 158 Å². The zero-order valence-electron chi connectivity index (χ0n) is 36.7. The van der Waals surface area contributed by atoms with E-state index in [1.165, 1.54) is 7.11 Å². The summed E-state index contributed by atoms with van der Waals surface area (Å²) in [6, 6.07) is 49.4. The van der Waals surface area contributed by atoms with Gasteiger partial charge in [0.2, 0.25) is 12.0 Å². The Morgan fingerprint density at radius 1 is 0.508 bits per heavy atom. The molecule has 0 fully saturated rings. The minimum Gasteiger partial charge on any atom is -0.565 e. The van der Waals surface area contributed by atoms with Crippen LogP contribution in [0.4, 0.5) is 0 Å². The summed E-state index contributed by atoms with van der Waals surface area (Å²) in [6.07, 6.45) is -5.54. The lowest BCUT2D eigenvalue weighted by Gasteiger charge is -2.42. The summed E-state index contributed by atoms with van der Waals surface area (Å²) in [7, 11) is 13.0. The van der Waals surface area contributed by atoms with Gasteiger partial charge in [-0.3, -0.25) is 0 Å². The average molecular weight is 914 g/mol. The van der Waals surface area contributed by atoms with Gasteiger partial charge in [0.05, 0.1) is 40.8 Å². The molecule has 2 heterocycles. The topological polar surface area (TPSA) is 102 Å². The maximum Gasteiger partial charge on any atom is 0.318 e. The van der Waals surface area contributed by atoms with Gasteiger partial charge in [-0.05, 0) is 27.8 Å². The van der Waals surface area contributed by atoms with Crippen LogP contribution in [0.25, 0.3) is 0 Å². The fraction of sp³-hybridized carbons (Fsp3) is 0.306. The van der Waals surface area contributed by atoms with Crippen molar-refractivity contribution in [2.75, 3.05) is 20.3 Å². The van der Waals surface area contributed by atoms with Gasteiger partial charge in [0.25, 0.3) is 6.29 Å². The molecule has 65 heavy (non-hydrogen) atoms. The fourth-order valence-corrected chi connectivity index (χ4v) is 7.57. The number of hydrogen-bond acceptors (Lipinski definition) is 11. The van der Waals surface area contributed by atoms with Crippen molar-refractivity contribution in [1.82, 2.24) is 0 Å². The van der Waals surface area contributed by atoms with E-state index < -0.39 is 43.5 Å². The molecule has 0 spiro atoms. The van der Waals surface area contributed by atoms with E-state index in [0.29, 0.717) is 19.0 Å². The summed E-state index contributed by atoms with van der Waals surface area (Å²) in [5, 5.41) is 0. The summed E-state index contributed by atoms with van der Waals surface area (Å²) in [4.78, 5) is 0. The molecule has 0 amide bonds. The van der Waals surface area contributed by atoms with Crippen LogP contribution in [0.15, 0.2) is 175 Å². The lowest BCUT2D eigenvalue weighted by Crippen LogP contribution is -2.51. The number of ether oxygens (including phenoxy) is 9. The Morgan fingerprint density at radius 3 is 1.37 bits per heavy atom. The number of methoxy groups -OCH3 is 1. The van der Waals surface area contributed by atoms with Gasteiger partial charge in [-0.2, -0.15) is 0 Å². The second-order valence-electron chi connectivity index (χ2n) is 15.4. The zero-order chi connectivity index (χ0) is 45.2. The third-order valence-corrected chi connectivity index (χ3v) is 10.6. The lowest BCUT2D eigenvalue weighted by atomic mass is 9.69. The molecule has 2 radical (unpaired) electrons. The predicted molar refractivity (Wildman–Crippen MR) is 258 cm³/mol. The molecule has 2 aliphatic rings. The summed E-state index contributed by atoms with van der Waals surface area (Å²) >= 11 is 0. The van der Waals surface area contributed by atoms with Crippen molar-refractivity contribution in [3.05, 3.63) is 203 Å². The van der Waals surface area contributed by atoms with Crippen LogP contribution < -0.4 is 0 Å². The van der Waals surface area contributed by atoms with E-state index in [1.54, 1.807) is 0 Å².